The van der Waals surface area contributed by atoms with Crippen molar-refractivity contribution in [2.75, 3.05) is 7.11 Å². The number of benzene rings is 2. The van der Waals surface area contributed by atoms with Crippen molar-refractivity contribution < 1.29 is 9.13 Å². The normalized spacial score (nSPS) is 12.2. The molecule has 0 aliphatic carbocycles. The predicted molar refractivity (Wildman–Crippen MR) is 82.3 cm³/mol. The number of hydrogen-bond acceptors (Lipinski definition) is 2. The molecule has 2 aromatic rings. The highest BCUT2D eigenvalue weighted by Crippen LogP contribution is 2.23. The van der Waals surface area contributed by atoms with Crippen molar-refractivity contribution in [3.63, 3.8) is 0 Å². The largest absolute Gasteiger partial charge is 0.494 e. The second-order valence-corrected chi connectivity index (χ2v) is 5.45. The van der Waals surface area contributed by atoms with Crippen LogP contribution in [0.3, 0.4) is 0 Å². The summed E-state index contributed by atoms with van der Waals surface area (Å²) in [5.74, 6) is -0.0621. The third-order valence-electron chi connectivity index (χ3n) is 3.20. The van der Waals surface area contributed by atoms with Gasteiger partial charge in [-0.25, -0.2) is 4.39 Å². The summed E-state index contributed by atoms with van der Waals surface area (Å²) in [5.41, 5.74) is 2.07. The molecule has 0 spiro atoms. The Morgan fingerprint density at radius 3 is 2.65 bits per heavy atom. The zero-order valence-corrected chi connectivity index (χ0v) is 13.1. The minimum absolute atomic E-state index is 0.177. The molecule has 0 fully saturated rings. The fraction of sp³-hybridized carbons (Fsp3) is 0.250. The number of hydrogen-bond donors (Lipinski definition) is 1. The average molecular weight is 338 g/mol. The predicted octanol–water partition coefficient (Wildman–Crippen LogP) is 4.45. The molecule has 0 saturated carbocycles. The van der Waals surface area contributed by atoms with Gasteiger partial charge in [-0.15, -0.1) is 0 Å². The molecular formula is C16H17BrFNO. The van der Waals surface area contributed by atoms with Crippen LogP contribution in [0.2, 0.25) is 0 Å². The molecule has 1 atom stereocenters. The summed E-state index contributed by atoms with van der Waals surface area (Å²) in [6, 6.07) is 13.3. The summed E-state index contributed by atoms with van der Waals surface area (Å²) in [6.45, 7) is 2.68. The minimum atomic E-state index is -0.333. The van der Waals surface area contributed by atoms with Crippen molar-refractivity contribution in [1.29, 1.82) is 0 Å². The van der Waals surface area contributed by atoms with Gasteiger partial charge in [0.25, 0.3) is 0 Å². The lowest BCUT2D eigenvalue weighted by Crippen LogP contribution is -2.18. The van der Waals surface area contributed by atoms with E-state index in [1.54, 1.807) is 6.07 Å². The maximum absolute atomic E-state index is 13.6. The van der Waals surface area contributed by atoms with Crippen LogP contribution in [0.1, 0.15) is 24.1 Å². The fourth-order valence-corrected chi connectivity index (χ4v) is 2.66. The zero-order valence-electron chi connectivity index (χ0n) is 11.5. The number of rotatable bonds is 5. The molecule has 1 N–H and O–H groups in total. The average Bonchev–Trinajstić information content (AvgIpc) is 2.45. The topological polar surface area (TPSA) is 21.3 Å². The lowest BCUT2D eigenvalue weighted by Gasteiger charge is -2.16. The highest BCUT2D eigenvalue weighted by atomic mass is 79.9. The van der Waals surface area contributed by atoms with E-state index in [0.717, 1.165) is 10.0 Å². The van der Waals surface area contributed by atoms with Gasteiger partial charge in [0, 0.05) is 17.1 Å². The Balaban J connectivity index is 2.02. The monoisotopic (exact) mass is 337 g/mol. The SMILES string of the molecule is COc1ccc(CNC(C)c2ccccc2Br)cc1F. The van der Waals surface area contributed by atoms with Gasteiger partial charge in [-0.2, -0.15) is 0 Å². The standard InChI is InChI=1S/C16H17BrFNO/c1-11(13-5-3-4-6-14(13)17)19-10-12-7-8-16(20-2)15(18)9-12/h3-9,11,19H,10H2,1-2H3. The molecule has 0 aromatic heterocycles. The Bertz CT molecular complexity index is 588. The fourth-order valence-electron chi connectivity index (χ4n) is 2.03. The summed E-state index contributed by atoms with van der Waals surface area (Å²) < 4.78 is 19.6. The number of ether oxygens (including phenoxy) is 1. The third-order valence-corrected chi connectivity index (χ3v) is 3.92. The highest BCUT2D eigenvalue weighted by Gasteiger charge is 2.09. The highest BCUT2D eigenvalue weighted by molar-refractivity contribution is 9.10. The molecule has 0 saturated heterocycles. The van der Waals surface area contributed by atoms with E-state index in [1.807, 2.05) is 24.3 Å². The Morgan fingerprint density at radius 2 is 2.00 bits per heavy atom. The lowest BCUT2D eigenvalue weighted by molar-refractivity contribution is 0.386. The van der Waals surface area contributed by atoms with Crippen LogP contribution in [0, 0.1) is 5.82 Å². The van der Waals surface area contributed by atoms with E-state index in [0.29, 0.717) is 6.54 Å². The van der Waals surface area contributed by atoms with Crippen LogP contribution in [-0.2, 0) is 6.54 Å². The van der Waals surface area contributed by atoms with E-state index in [4.69, 9.17) is 4.74 Å². The molecule has 2 aromatic carbocycles. The van der Waals surface area contributed by atoms with Crippen molar-refractivity contribution in [2.24, 2.45) is 0 Å². The van der Waals surface area contributed by atoms with Gasteiger partial charge in [-0.3, -0.25) is 0 Å². The van der Waals surface area contributed by atoms with Crippen LogP contribution < -0.4 is 10.1 Å². The van der Waals surface area contributed by atoms with E-state index < -0.39 is 0 Å². The lowest BCUT2D eigenvalue weighted by atomic mass is 10.1. The number of methoxy groups -OCH3 is 1. The molecule has 0 aliphatic heterocycles. The van der Waals surface area contributed by atoms with Crippen molar-refractivity contribution in [2.45, 2.75) is 19.5 Å². The summed E-state index contributed by atoms with van der Waals surface area (Å²) in [6.07, 6.45) is 0. The van der Waals surface area contributed by atoms with Gasteiger partial charge < -0.3 is 10.1 Å². The molecule has 4 heteroatoms. The van der Waals surface area contributed by atoms with E-state index in [2.05, 4.69) is 34.2 Å². The van der Waals surface area contributed by atoms with Gasteiger partial charge >= 0.3 is 0 Å². The second-order valence-electron chi connectivity index (χ2n) is 4.59. The first kappa shape index (κ1) is 15.0. The van der Waals surface area contributed by atoms with Crippen LogP contribution in [0.25, 0.3) is 0 Å². The molecular weight excluding hydrogens is 321 g/mol. The Hall–Kier alpha value is -1.39. The molecule has 2 nitrogen and oxygen atoms in total. The summed E-state index contributed by atoms with van der Waals surface area (Å²) in [5, 5.41) is 3.38. The van der Waals surface area contributed by atoms with Crippen molar-refractivity contribution in [1.82, 2.24) is 5.32 Å². The molecule has 20 heavy (non-hydrogen) atoms. The maximum Gasteiger partial charge on any atom is 0.165 e. The van der Waals surface area contributed by atoms with E-state index in [-0.39, 0.29) is 17.6 Å². The van der Waals surface area contributed by atoms with Gasteiger partial charge in [0.05, 0.1) is 7.11 Å². The summed E-state index contributed by atoms with van der Waals surface area (Å²) >= 11 is 3.54. The molecule has 0 heterocycles. The van der Waals surface area contributed by atoms with E-state index in [9.17, 15) is 4.39 Å². The van der Waals surface area contributed by atoms with Crippen molar-refractivity contribution >= 4 is 15.9 Å². The molecule has 0 amide bonds. The molecule has 0 radical (unpaired) electrons. The Labute approximate surface area is 127 Å². The zero-order chi connectivity index (χ0) is 14.5. The first-order chi connectivity index (χ1) is 9.61. The Morgan fingerprint density at radius 1 is 1.25 bits per heavy atom. The van der Waals surface area contributed by atoms with Gasteiger partial charge in [-0.1, -0.05) is 40.2 Å². The van der Waals surface area contributed by atoms with Gasteiger partial charge in [0.2, 0.25) is 0 Å². The number of halogens is 2. The van der Waals surface area contributed by atoms with Crippen LogP contribution in [0.15, 0.2) is 46.9 Å². The smallest absolute Gasteiger partial charge is 0.165 e. The van der Waals surface area contributed by atoms with Crippen LogP contribution in [0.4, 0.5) is 4.39 Å². The van der Waals surface area contributed by atoms with E-state index >= 15 is 0 Å². The van der Waals surface area contributed by atoms with E-state index in [1.165, 1.54) is 18.7 Å². The van der Waals surface area contributed by atoms with Crippen molar-refractivity contribution in [3.8, 4) is 5.75 Å². The summed E-state index contributed by atoms with van der Waals surface area (Å²) in [7, 11) is 1.46. The number of nitrogens with one attached hydrogen (secondary N) is 1. The Kier molecular flexibility index (Phi) is 5.15. The first-order valence-corrected chi connectivity index (χ1v) is 7.21. The second kappa shape index (κ2) is 6.86. The molecule has 1 unspecified atom stereocenters. The minimum Gasteiger partial charge on any atom is -0.494 e. The first-order valence-electron chi connectivity index (χ1n) is 6.42. The quantitative estimate of drug-likeness (QED) is 0.870. The van der Waals surface area contributed by atoms with Crippen molar-refractivity contribution in [3.05, 3.63) is 63.9 Å². The van der Waals surface area contributed by atoms with Gasteiger partial charge in [0.15, 0.2) is 11.6 Å². The van der Waals surface area contributed by atoms with Gasteiger partial charge in [0.1, 0.15) is 0 Å². The van der Waals surface area contributed by atoms with Crippen LogP contribution in [0.5, 0.6) is 5.75 Å². The van der Waals surface area contributed by atoms with Crippen LogP contribution >= 0.6 is 15.9 Å². The third kappa shape index (κ3) is 3.58. The molecule has 0 bridgehead atoms. The summed E-state index contributed by atoms with van der Waals surface area (Å²) in [4.78, 5) is 0. The maximum atomic E-state index is 13.6. The van der Waals surface area contributed by atoms with Crippen LogP contribution in [-0.4, -0.2) is 7.11 Å². The molecule has 0 aliphatic rings. The molecule has 2 rings (SSSR count). The molecule has 106 valence electrons. The van der Waals surface area contributed by atoms with Gasteiger partial charge in [-0.05, 0) is 36.2 Å².